The van der Waals surface area contributed by atoms with Crippen molar-refractivity contribution < 1.29 is 14.3 Å². The van der Waals surface area contributed by atoms with Crippen molar-refractivity contribution in [2.24, 2.45) is 5.92 Å². The van der Waals surface area contributed by atoms with Crippen LogP contribution in [-0.2, 0) is 4.79 Å². The molecule has 0 saturated carbocycles. The summed E-state index contributed by atoms with van der Waals surface area (Å²) in [6, 6.07) is 17.6. The van der Waals surface area contributed by atoms with Crippen molar-refractivity contribution in [3.63, 3.8) is 0 Å². The fourth-order valence-electron chi connectivity index (χ4n) is 3.23. The van der Waals surface area contributed by atoms with Gasteiger partial charge in [0.2, 0.25) is 5.91 Å². The number of anilines is 1. The van der Waals surface area contributed by atoms with E-state index < -0.39 is 0 Å². The highest BCUT2D eigenvalue weighted by molar-refractivity contribution is 5.76. The maximum Gasteiger partial charge on any atom is 0.223 e. The van der Waals surface area contributed by atoms with Gasteiger partial charge in [0, 0.05) is 19.6 Å². The van der Waals surface area contributed by atoms with Crippen molar-refractivity contribution in [2.45, 2.75) is 12.8 Å². The van der Waals surface area contributed by atoms with Crippen molar-refractivity contribution in [1.29, 1.82) is 0 Å². The first kappa shape index (κ1) is 18.1. The van der Waals surface area contributed by atoms with Gasteiger partial charge in [-0.15, -0.1) is 0 Å². The fourth-order valence-corrected chi connectivity index (χ4v) is 3.23. The van der Waals surface area contributed by atoms with Crippen LogP contribution in [0, 0.1) is 5.92 Å². The summed E-state index contributed by atoms with van der Waals surface area (Å²) >= 11 is 0. The number of benzene rings is 2. The van der Waals surface area contributed by atoms with E-state index in [-0.39, 0.29) is 5.91 Å². The Kier molecular flexibility index (Phi) is 6.36. The molecule has 1 atom stereocenters. The van der Waals surface area contributed by atoms with Gasteiger partial charge in [-0.25, -0.2) is 0 Å². The lowest BCUT2D eigenvalue weighted by Gasteiger charge is -2.21. The van der Waals surface area contributed by atoms with E-state index in [2.05, 4.69) is 16.3 Å². The first-order valence-electron chi connectivity index (χ1n) is 9.09. The van der Waals surface area contributed by atoms with Gasteiger partial charge >= 0.3 is 0 Å². The average Bonchev–Trinajstić information content (AvgIpc) is 3.16. The van der Waals surface area contributed by atoms with Crippen molar-refractivity contribution in [1.82, 2.24) is 5.32 Å². The van der Waals surface area contributed by atoms with Gasteiger partial charge in [-0.1, -0.05) is 30.3 Å². The molecule has 26 heavy (non-hydrogen) atoms. The Hall–Kier alpha value is -2.69. The van der Waals surface area contributed by atoms with Crippen LogP contribution in [0.15, 0.2) is 54.6 Å². The molecule has 0 bridgehead atoms. The molecule has 0 aromatic heterocycles. The van der Waals surface area contributed by atoms with Crippen LogP contribution in [0.25, 0.3) is 0 Å². The van der Waals surface area contributed by atoms with E-state index in [4.69, 9.17) is 9.47 Å². The highest BCUT2D eigenvalue weighted by atomic mass is 16.5. The third-order valence-corrected chi connectivity index (χ3v) is 4.64. The summed E-state index contributed by atoms with van der Waals surface area (Å²) in [7, 11) is 1.70. The number of nitrogens with one attached hydrogen (secondary N) is 1. The number of carbonyl (C=O) groups is 1. The Balaban J connectivity index is 1.38. The molecule has 138 valence electrons. The Morgan fingerprint density at radius 2 is 1.92 bits per heavy atom. The summed E-state index contributed by atoms with van der Waals surface area (Å²) in [5.41, 5.74) is 1.13. The summed E-state index contributed by atoms with van der Waals surface area (Å²) in [4.78, 5) is 14.3. The molecular weight excluding hydrogens is 328 g/mol. The molecule has 1 aliphatic heterocycles. The van der Waals surface area contributed by atoms with Gasteiger partial charge in [-0.05, 0) is 36.6 Å². The highest BCUT2D eigenvalue weighted by Crippen LogP contribution is 2.31. The second kappa shape index (κ2) is 9.13. The van der Waals surface area contributed by atoms with Gasteiger partial charge in [0.05, 0.1) is 25.8 Å². The van der Waals surface area contributed by atoms with E-state index in [0.717, 1.165) is 36.7 Å². The molecule has 0 unspecified atom stereocenters. The Bertz CT molecular complexity index is 705. The van der Waals surface area contributed by atoms with E-state index in [1.54, 1.807) is 7.11 Å². The first-order valence-corrected chi connectivity index (χ1v) is 9.09. The van der Waals surface area contributed by atoms with Crippen LogP contribution in [0.1, 0.15) is 12.8 Å². The van der Waals surface area contributed by atoms with Gasteiger partial charge in [0.1, 0.15) is 11.5 Å². The minimum absolute atomic E-state index is 0.0386. The van der Waals surface area contributed by atoms with Crippen molar-refractivity contribution >= 4 is 11.6 Å². The predicted octanol–water partition coefficient (Wildman–Crippen LogP) is 3.11. The van der Waals surface area contributed by atoms with Crippen LogP contribution in [0.2, 0.25) is 0 Å². The molecule has 0 spiro atoms. The van der Waals surface area contributed by atoms with Crippen LogP contribution >= 0.6 is 0 Å². The molecule has 1 amide bonds. The predicted molar refractivity (Wildman–Crippen MR) is 103 cm³/mol. The third kappa shape index (κ3) is 4.91. The zero-order valence-corrected chi connectivity index (χ0v) is 15.2. The van der Waals surface area contributed by atoms with Crippen LogP contribution in [0.4, 0.5) is 5.69 Å². The molecule has 1 aliphatic rings. The Labute approximate surface area is 154 Å². The quantitative estimate of drug-likeness (QED) is 0.791. The molecule has 2 aromatic carbocycles. The number of para-hydroxylation sites is 3. The second-order valence-electron chi connectivity index (χ2n) is 6.49. The molecule has 5 heteroatoms. The number of hydrogen-bond donors (Lipinski definition) is 1. The number of ether oxygens (including phenoxy) is 2. The molecule has 3 rings (SSSR count). The molecule has 1 heterocycles. The lowest BCUT2D eigenvalue weighted by Crippen LogP contribution is -2.31. The number of amides is 1. The molecule has 1 saturated heterocycles. The van der Waals surface area contributed by atoms with E-state index in [1.165, 1.54) is 0 Å². The molecule has 1 N–H and O–H groups in total. The van der Waals surface area contributed by atoms with Gasteiger partial charge in [0.15, 0.2) is 0 Å². The van der Waals surface area contributed by atoms with Crippen molar-refractivity contribution in [3.05, 3.63) is 54.6 Å². The van der Waals surface area contributed by atoms with Gasteiger partial charge in [-0.2, -0.15) is 0 Å². The average molecular weight is 354 g/mol. The second-order valence-corrected chi connectivity index (χ2v) is 6.49. The van der Waals surface area contributed by atoms with Gasteiger partial charge in [-0.3, -0.25) is 4.79 Å². The number of nitrogens with zero attached hydrogens (tertiary/aromatic N) is 1. The molecule has 1 fully saturated rings. The maximum absolute atomic E-state index is 12.0. The lowest BCUT2D eigenvalue weighted by atomic mass is 10.1. The first-order chi connectivity index (χ1) is 12.8. The molecular formula is C21H26N2O3. The smallest absolute Gasteiger partial charge is 0.223 e. The highest BCUT2D eigenvalue weighted by Gasteiger charge is 2.24. The van der Waals surface area contributed by atoms with Crippen LogP contribution in [-0.4, -0.2) is 39.3 Å². The minimum Gasteiger partial charge on any atom is -0.495 e. The number of carbonyl (C=O) groups excluding carboxylic acids is 1. The van der Waals surface area contributed by atoms with Crippen LogP contribution < -0.4 is 19.7 Å². The molecule has 5 nitrogen and oxygen atoms in total. The summed E-state index contributed by atoms with van der Waals surface area (Å²) < 4.78 is 11.0. The summed E-state index contributed by atoms with van der Waals surface area (Å²) in [5.74, 6) is 2.19. The van der Waals surface area contributed by atoms with Crippen molar-refractivity contribution in [2.75, 3.05) is 38.3 Å². The van der Waals surface area contributed by atoms with E-state index in [0.29, 0.717) is 25.5 Å². The number of rotatable bonds is 8. The fraction of sp³-hybridized carbons (Fsp3) is 0.381. The number of methoxy groups -OCH3 is 1. The summed E-state index contributed by atoms with van der Waals surface area (Å²) in [5, 5.41) is 3.03. The van der Waals surface area contributed by atoms with Crippen molar-refractivity contribution in [3.8, 4) is 11.5 Å². The third-order valence-electron chi connectivity index (χ3n) is 4.64. The Morgan fingerprint density at radius 1 is 1.15 bits per heavy atom. The lowest BCUT2D eigenvalue weighted by molar-refractivity contribution is -0.121. The monoisotopic (exact) mass is 354 g/mol. The standard InChI is InChI=1S/C21H26N2O3/c1-25-20-10-6-5-9-19(20)23-13-11-17(16-23)15-22-21(24)12-14-26-18-7-3-2-4-8-18/h2-10,17H,11-16H2,1H3,(H,22,24)/t17-/m1/s1. The van der Waals surface area contributed by atoms with E-state index in [1.807, 2.05) is 48.5 Å². The van der Waals surface area contributed by atoms with Gasteiger partial charge in [0.25, 0.3) is 0 Å². The molecule has 0 radical (unpaired) electrons. The SMILES string of the molecule is COc1ccccc1N1CC[C@H](CNC(=O)CCOc2ccccc2)C1. The normalized spacial score (nSPS) is 16.3. The summed E-state index contributed by atoms with van der Waals surface area (Å²) in [6.45, 7) is 3.02. The van der Waals surface area contributed by atoms with Crippen LogP contribution in [0.3, 0.4) is 0 Å². The maximum atomic E-state index is 12.0. The Morgan fingerprint density at radius 3 is 2.73 bits per heavy atom. The topological polar surface area (TPSA) is 50.8 Å². The number of hydrogen-bond acceptors (Lipinski definition) is 4. The zero-order valence-electron chi connectivity index (χ0n) is 15.2. The van der Waals surface area contributed by atoms with E-state index >= 15 is 0 Å². The van der Waals surface area contributed by atoms with Crippen LogP contribution in [0.5, 0.6) is 11.5 Å². The minimum atomic E-state index is 0.0386. The van der Waals surface area contributed by atoms with Gasteiger partial charge < -0.3 is 19.7 Å². The molecule has 0 aliphatic carbocycles. The largest absolute Gasteiger partial charge is 0.495 e. The summed E-state index contributed by atoms with van der Waals surface area (Å²) in [6.07, 6.45) is 1.44. The molecule has 2 aromatic rings. The zero-order chi connectivity index (χ0) is 18.2. The van der Waals surface area contributed by atoms with E-state index in [9.17, 15) is 4.79 Å².